The van der Waals surface area contributed by atoms with Gasteiger partial charge in [0.1, 0.15) is 18.4 Å². The van der Waals surface area contributed by atoms with E-state index in [-0.39, 0.29) is 12.8 Å². The highest BCUT2D eigenvalue weighted by atomic mass is 32.2. The summed E-state index contributed by atoms with van der Waals surface area (Å²) in [4.78, 5) is 27.1. The van der Waals surface area contributed by atoms with Crippen molar-refractivity contribution in [3.63, 3.8) is 0 Å². The molecule has 1 aromatic carbocycles. The van der Waals surface area contributed by atoms with Crippen molar-refractivity contribution in [3.05, 3.63) is 30.3 Å². The van der Waals surface area contributed by atoms with Crippen molar-refractivity contribution < 1.29 is 22.1 Å². The van der Waals surface area contributed by atoms with Crippen LogP contribution in [0.5, 0.6) is 0 Å². The van der Waals surface area contributed by atoms with Gasteiger partial charge < -0.3 is 15.0 Å². The quantitative estimate of drug-likeness (QED) is 0.591. The van der Waals surface area contributed by atoms with Crippen LogP contribution in [0.1, 0.15) is 12.8 Å². The van der Waals surface area contributed by atoms with Crippen molar-refractivity contribution >= 4 is 40.5 Å². The van der Waals surface area contributed by atoms with Crippen LogP contribution in [0.3, 0.4) is 0 Å². The summed E-state index contributed by atoms with van der Waals surface area (Å²) in [7, 11) is -4.01. The van der Waals surface area contributed by atoms with Crippen LogP contribution in [0.15, 0.2) is 45.3 Å². The lowest BCUT2D eigenvalue weighted by atomic mass is 10.1. The number of nitrogens with one attached hydrogen (secondary N) is 2. The van der Waals surface area contributed by atoms with Gasteiger partial charge in [-0.05, 0) is 25.0 Å². The summed E-state index contributed by atoms with van der Waals surface area (Å²) in [5.74, 6) is 0.370. The Kier molecular flexibility index (Phi) is 5.76. The Morgan fingerprint density at radius 1 is 1.23 bits per heavy atom. The van der Waals surface area contributed by atoms with Crippen molar-refractivity contribution in [2.75, 3.05) is 11.9 Å². The highest BCUT2D eigenvalue weighted by molar-refractivity contribution is 7.84. The number of hydrogen-bond acceptors (Lipinski definition) is 9. The molecule has 1 aromatic rings. The molecule has 3 aliphatic heterocycles. The maximum Gasteiger partial charge on any atom is 0.333 e. The van der Waals surface area contributed by atoms with Gasteiger partial charge in [0, 0.05) is 5.69 Å². The van der Waals surface area contributed by atoms with Gasteiger partial charge in [0.2, 0.25) is 0 Å². The molecule has 2 amide bonds. The number of para-hydroxylation sites is 1. The van der Waals surface area contributed by atoms with Gasteiger partial charge in [-0.25, -0.2) is 19.9 Å². The Bertz CT molecular complexity index is 981. The number of ether oxygens (including phenoxy) is 1. The van der Waals surface area contributed by atoms with E-state index in [1.807, 2.05) is 23.1 Å². The number of rotatable bonds is 5. The van der Waals surface area contributed by atoms with Crippen LogP contribution in [0.25, 0.3) is 0 Å². The van der Waals surface area contributed by atoms with E-state index in [1.54, 1.807) is 18.5 Å². The highest BCUT2D eigenvalue weighted by Gasteiger charge is 2.42. The molecule has 1 fully saturated rings. The fraction of sp³-hybridized carbons (Fsp3) is 0.412. The summed E-state index contributed by atoms with van der Waals surface area (Å²) in [6.07, 6.45) is 3.04. The predicted molar refractivity (Wildman–Crippen MR) is 109 cm³/mol. The maximum absolute atomic E-state index is 12.3. The first-order valence-electron chi connectivity index (χ1n) is 9.25. The molecule has 0 spiro atoms. The Balaban J connectivity index is 1.34. The molecular weight excluding hydrogens is 414 g/mol. The molecule has 3 aliphatic rings. The van der Waals surface area contributed by atoms with E-state index < -0.39 is 34.6 Å². The third-order valence-corrected chi connectivity index (χ3v) is 5.22. The minimum absolute atomic E-state index is 0.147. The first-order chi connectivity index (χ1) is 14.4. The van der Waals surface area contributed by atoms with Crippen LogP contribution in [0.2, 0.25) is 0 Å². The van der Waals surface area contributed by atoms with Gasteiger partial charge in [-0.15, -0.1) is 0 Å². The summed E-state index contributed by atoms with van der Waals surface area (Å²) in [6, 6.07) is 8.12. The average molecular weight is 435 g/mol. The first-order valence-corrected chi connectivity index (χ1v) is 10.7. The molecule has 0 saturated carbocycles. The SMILES string of the molecule is NS(=O)(=O)OC[C@@H]1CCC(N2C=NC3C(NC(=O)Nc4ccccc4)=NC=NC32)O1. The molecule has 3 heterocycles. The number of nitrogens with zero attached hydrogens (tertiary/aromatic N) is 4. The van der Waals surface area contributed by atoms with Gasteiger partial charge in [-0.2, -0.15) is 8.42 Å². The van der Waals surface area contributed by atoms with Crippen molar-refractivity contribution in [2.45, 2.75) is 37.4 Å². The zero-order valence-electron chi connectivity index (χ0n) is 15.8. The number of fused-ring (bicyclic) bond motifs is 1. The second kappa shape index (κ2) is 8.47. The van der Waals surface area contributed by atoms with Crippen LogP contribution in [-0.2, 0) is 19.2 Å². The van der Waals surface area contributed by atoms with Gasteiger partial charge in [0.15, 0.2) is 12.2 Å². The lowest BCUT2D eigenvalue weighted by Gasteiger charge is -2.31. The second-order valence-corrected chi connectivity index (χ2v) is 8.08. The molecule has 0 radical (unpaired) electrons. The first kappa shape index (κ1) is 20.4. The van der Waals surface area contributed by atoms with Crippen LogP contribution >= 0.6 is 0 Å². The molecule has 0 aromatic heterocycles. The molecule has 0 aliphatic carbocycles. The number of hydrogen-bond donors (Lipinski definition) is 3. The van der Waals surface area contributed by atoms with Crippen molar-refractivity contribution in [2.24, 2.45) is 20.1 Å². The number of benzene rings is 1. The van der Waals surface area contributed by atoms with Crippen molar-refractivity contribution in [1.82, 2.24) is 10.2 Å². The van der Waals surface area contributed by atoms with Gasteiger partial charge >= 0.3 is 16.3 Å². The number of urea groups is 1. The van der Waals surface area contributed by atoms with Gasteiger partial charge in [0.25, 0.3) is 0 Å². The Hall–Kier alpha value is -2.87. The van der Waals surface area contributed by atoms with Gasteiger partial charge in [-0.3, -0.25) is 14.5 Å². The normalized spacial score (nSPS) is 27.6. The van der Waals surface area contributed by atoms with E-state index >= 15 is 0 Å². The zero-order chi connectivity index (χ0) is 21.1. The number of amidine groups is 1. The summed E-state index contributed by atoms with van der Waals surface area (Å²) in [5, 5.41) is 10.3. The summed E-state index contributed by atoms with van der Waals surface area (Å²) >= 11 is 0. The van der Waals surface area contributed by atoms with Crippen LogP contribution in [-0.4, -0.2) is 69.0 Å². The molecule has 12 nitrogen and oxygen atoms in total. The standard InChI is InChI=1S/C17H21N7O5S/c18-30(26,27)28-8-12-6-7-13(29-12)24-10-21-14-15(19-9-20-16(14)24)23-17(25)22-11-4-2-1-3-5-11/h1-5,9-10,12-14,16H,6-8H2,(H2,18,26,27)(H2,19,20,22,23,25)/t12-,13?,14?,16?/m0/s1. The molecule has 4 rings (SSSR count). The number of amides is 2. The zero-order valence-corrected chi connectivity index (χ0v) is 16.6. The minimum atomic E-state index is -4.01. The fourth-order valence-electron chi connectivity index (χ4n) is 3.42. The molecule has 4 N–H and O–H groups in total. The predicted octanol–water partition coefficient (Wildman–Crippen LogP) is 0.0123. The molecule has 30 heavy (non-hydrogen) atoms. The third-order valence-electron chi connectivity index (χ3n) is 4.75. The molecular formula is C17H21N7O5S. The van der Waals surface area contributed by atoms with Crippen molar-refractivity contribution in [3.8, 4) is 0 Å². The molecule has 4 atom stereocenters. The van der Waals surface area contributed by atoms with E-state index in [0.717, 1.165) is 0 Å². The number of carbonyl (C=O) groups excluding carboxylic acids is 1. The maximum atomic E-state index is 12.3. The number of anilines is 1. The topological polar surface area (TPSA) is 160 Å². The molecule has 3 unspecified atom stereocenters. The molecule has 1 saturated heterocycles. The second-order valence-electron chi connectivity index (χ2n) is 6.86. The smallest absolute Gasteiger partial charge is 0.333 e. The van der Waals surface area contributed by atoms with E-state index in [9.17, 15) is 13.2 Å². The number of aliphatic imine (C=N–C) groups is 3. The van der Waals surface area contributed by atoms with E-state index in [2.05, 4.69) is 29.8 Å². The highest BCUT2D eigenvalue weighted by Crippen LogP contribution is 2.29. The summed E-state index contributed by atoms with van der Waals surface area (Å²) in [6.45, 7) is -0.147. The van der Waals surface area contributed by atoms with Gasteiger partial charge in [-0.1, -0.05) is 18.2 Å². The Labute approximate surface area is 173 Å². The van der Waals surface area contributed by atoms with Crippen molar-refractivity contribution in [1.29, 1.82) is 0 Å². The number of carbonyl (C=O) groups is 1. The van der Waals surface area contributed by atoms with Crippen LogP contribution in [0, 0.1) is 0 Å². The third kappa shape index (κ3) is 4.81. The lowest BCUT2D eigenvalue weighted by molar-refractivity contribution is -0.0444. The molecule has 160 valence electrons. The Morgan fingerprint density at radius 3 is 2.80 bits per heavy atom. The fourth-order valence-corrected chi connectivity index (χ4v) is 3.76. The number of nitrogens with two attached hydrogens (primary N) is 1. The van der Waals surface area contributed by atoms with Gasteiger partial charge in [0.05, 0.1) is 19.0 Å². The summed E-state index contributed by atoms with van der Waals surface area (Å²) < 4.78 is 32.4. The van der Waals surface area contributed by atoms with E-state index in [1.165, 1.54) is 6.34 Å². The average Bonchev–Trinajstić information content (AvgIpc) is 3.34. The minimum Gasteiger partial charge on any atom is -0.353 e. The molecule has 0 bridgehead atoms. The van der Waals surface area contributed by atoms with Crippen LogP contribution < -0.4 is 15.8 Å². The largest absolute Gasteiger partial charge is 0.353 e. The molecule has 13 heteroatoms. The Morgan fingerprint density at radius 2 is 2.03 bits per heavy atom. The van der Waals surface area contributed by atoms with E-state index in [0.29, 0.717) is 24.4 Å². The monoisotopic (exact) mass is 435 g/mol. The van der Waals surface area contributed by atoms with E-state index in [4.69, 9.17) is 9.88 Å². The van der Waals surface area contributed by atoms with Crippen LogP contribution in [0.4, 0.5) is 10.5 Å². The lowest BCUT2D eigenvalue weighted by Crippen LogP contribution is -2.50. The summed E-state index contributed by atoms with van der Waals surface area (Å²) in [5.41, 5.74) is 0.653.